The number of nitrogens with zero attached hydrogens (tertiary/aromatic N) is 2. The molecule has 0 bridgehead atoms. The molecular weight excluding hydrogens is 312 g/mol. The first-order valence-corrected chi connectivity index (χ1v) is 7.75. The molecule has 3 aromatic rings. The van der Waals surface area contributed by atoms with Gasteiger partial charge >= 0.3 is 5.97 Å². The van der Waals surface area contributed by atoms with Crippen LogP contribution in [-0.4, -0.2) is 22.6 Å². The Bertz CT molecular complexity index is 989. The number of halogens is 1. The molecule has 0 saturated carbocycles. The molecule has 0 unspecified atom stereocenters. The lowest BCUT2D eigenvalue weighted by Crippen LogP contribution is -2.15. The van der Waals surface area contributed by atoms with Crippen LogP contribution < -0.4 is 0 Å². The molecule has 4 nitrogen and oxygen atoms in total. The molecule has 0 saturated heterocycles. The Hall–Kier alpha value is -2.33. The van der Waals surface area contributed by atoms with Crippen molar-refractivity contribution in [2.45, 2.75) is 20.4 Å². The third-order valence-electron chi connectivity index (χ3n) is 4.50. The number of hydrogen-bond acceptors (Lipinski definition) is 3. The molecule has 0 aliphatic carbocycles. The van der Waals surface area contributed by atoms with Crippen molar-refractivity contribution in [1.29, 1.82) is 0 Å². The highest BCUT2D eigenvalue weighted by molar-refractivity contribution is 6.35. The molecule has 5 heteroatoms. The normalized spacial score (nSPS) is 12.3. The number of carbonyl (C=O) groups is 1. The summed E-state index contributed by atoms with van der Waals surface area (Å²) in [5.74, 6) is -0.364. The van der Waals surface area contributed by atoms with Gasteiger partial charge in [0.2, 0.25) is 0 Å². The number of ether oxygens (including phenoxy) is 1. The van der Waals surface area contributed by atoms with E-state index < -0.39 is 0 Å². The zero-order valence-electron chi connectivity index (χ0n) is 13.1. The number of aromatic nitrogens is 2. The summed E-state index contributed by atoms with van der Waals surface area (Å²) in [5, 5.41) is 1.19. The van der Waals surface area contributed by atoms with Gasteiger partial charge in [0.15, 0.2) is 0 Å². The summed E-state index contributed by atoms with van der Waals surface area (Å²) in [5.41, 5.74) is 7.24. The highest BCUT2D eigenvalue weighted by atomic mass is 35.5. The van der Waals surface area contributed by atoms with Crippen molar-refractivity contribution in [3.8, 4) is 11.1 Å². The van der Waals surface area contributed by atoms with Gasteiger partial charge in [0.25, 0.3) is 0 Å². The van der Waals surface area contributed by atoms with Gasteiger partial charge in [-0.05, 0) is 36.6 Å². The molecule has 3 heterocycles. The first kappa shape index (κ1) is 14.3. The molecule has 2 aromatic heterocycles. The molecule has 1 aliphatic rings. The lowest BCUT2D eigenvalue weighted by Gasteiger charge is -2.23. The molecule has 0 amide bonds. The number of fused-ring (bicyclic) bond motifs is 2. The zero-order chi connectivity index (χ0) is 16.3. The standard InChI is InChI=1S/C18H15ClN2O2/c1-9-4-10(2)14-8-21-15(18(22)23-3)6-12-16(21)13(11(14)5-9)7-20-17(12)19/h4-7H,8H2,1-3H3. The van der Waals surface area contributed by atoms with E-state index in [4.69, 9.17) is 16.3 Å². The second-order valence-electron chi connectivity index (χ2n) is 5.94. The number of methoxy groups -OCH3 is 1. The van der Waals surface area contributed by atoms with E-state index in [1.807, 2.05) is 4.57 Å². The minimum Gasteiger partial charge on any atom is -0.464 e. The fraction of sp³-hybridized carbons (Fsp3) is 0.222. The summed E-state index contributed by atoms with van der Waals surface area (Å²) in [6, 6.07) is 6.10. The van der Waals surface area contributed by atoms with Crippen LogP contribution in [-0.2, 0) is 11.3 Å². The van der Waals surface area contributed by atoms with Crippen molar-refractivity contribution in [2.24, 2.45) is 0 Å². The number of rotatable bonds is 1. The minimum atomic E-state index is -0.364. The van der Waals surface area contributed by atoms with Gasteiger partial charge in [0, 0.05) is 23.7 Å². The third-order valence-corrected chi connectivity index (χ3v) is 4.80. The molecule has 0 N–H and O–H groups in total. The van der Waals surface area contributed by atoms with Crippen LogP contribution in [0.1, 0.15) is 27.2 Å². The molecule has 4 rings (SSSR count). The Morgan fingerprint density at radius 3 is 2.78 bits per heavy atom. The van der Waals surface area contributed by atoms with Gasteiger partial charge in [0.05, 0.1) is 12.6 Å². The number of hydrogen-bond donors (Lipinski definition) is 0. The molecule has 0 fully saturated rings. The highest BCUT2D eigenvalue weighted by Gasteiger charge is 2.27. The largest absolute Gasteiger partial charge is 0.464 e. The molecule has 1 aromatic carbocycles. The quantitative estimate of drug-likeness (QED) is 0.390. The monoisotopic (exact) mass is 326 g/mol. The van der Waals surface area contributed by atoms with Crippen LogP contribution in [0.4, 0.5) is 0 Å². The summed E-state index contributed by atoms with van der Waals surface area (Å²) in [6.45, 7) is 4.81. The molecule has 0 atom stereocenters. The topological polar surface area (TPSA) is 44.1 Å². The number of aryl methyl sites for hydroxylation is 2. The maximum Gasteiger partial charge on any atom is 0.354 e. The van der Waals surface area contributed by atoms with Crippen LogP contribution in [0.3, 0.4) is 0 Å². The minimum absolute atomic E-state index is 0.364. The van der Waals surface area contributed by atoms with E-state index in [-0.39, 0.29) is 5.97 Å². The van der Waals surface area contributed by atoms with Gasteiger partial charge < -0.3 is 9.30 Å². The predicted octanol–water partition coefficient (Wildman–Crippen LogP) is 4.12. The summed E-state index contributed by atoms with van der Waals surface area (Å²) in [6.07, 6.45) is 1.79. The second kappa shape index (κ2) is 4.83. The fourth-order valence-corrected chi connectivity index (χ4v) is 3.68. The highest BCUT2D eigenvalue weighted by Crippen LogP contribution is 2.41. The zero-order valence-corrected chi connectivity index (χ0v) is 13.9. The van der Waals surface area contributed by atoms with Gasteiger partial charge in [-0.15, -0.1) is 0 Å². The average molecular weight is 327 g/mol. The van der Waals surface area contributed by atoms with E-state index in [0.29, 0.717) is 17.4 Å². The van der Waals surface area contributed by atoms with Crippen molar-refractivity contribution in [2.75, 3.05) is 7.11 Å². The molecular formula is C18H15ClN2O2. The summed E-state index contributed by atoms with van der Waals surface area (Å²) >= 11 is 6.26. The Balaban J connectivity index is 2.14. The maximum atomic E-state index is 12.2. The third kappa shape index (κ3) is 1.91. The van der Waals surface area contributed by atoms with Crippen LogP contribution in [0.15, 0.2) is 24.4 Å². The van der Waals surface area contributed by atoms with Crippen LogP contribution >= 0.6 is 11.6 Å². The van der Waals surface area contributed by atoms with Crippen molar-refractivity contribution < 1.29 is 9.53 Å². The number of benzene rings is 1. The fourth-order valence-electron chi connectivity index (χ4n) is 3.49. The van der Waals surface area contributed by atoms with E-state index in [1.165, 1.54) is 29.4 Å². The molecule has 116 valence electrons. The van der Waals surface area contributed by atoms with Gasteiger partial charge in [-0.2, -0.15) is 0 Å². The Labute approximate surface area is 138 Å². The van der Waals surface area contributed by atoms with Crippen LogP contribution in [0, 0.1) is 13.8 Å². The predicted molar refractivity (Wildman–Crippen MR) is 90.1 cm³/mol. The van der Waals surface area contributed by atoms with E-state index in [9.17, 15) is 4.79 Å². The number of pyridine rings is 1. The maximum absolute atomic E-state index is 12.2. The summed E-state index contributed by atoms with van der Waals surface area (Å²) in [7, 11) is 1.39. The Morgan fingerprint density at radius 2 is 2.04 bits per heavy atom. The van der Waals surface area contributed by atoms with Crippen LogP contribution in [0.25, 0.3) is 22.0 Å². The van der Waals surface area contributed by atoms with Gasteiger partial charge in [-0.1, -0.05) is 29.3 Å². The van der Waals surface area contributed by atoms with Crippen LogP contribution in [0.5, 0.6) is 0 Å². The van der Waals surface area contributed by atoms with Crippen molar-refractivity contribution >= 4 is 28.5 Å². The Morgan fingerprint density at radius 1 is 1.26 bits per heavy atom. The van der Waals surface area contributed by atoms with Gasteiger partial charge in [-0.25, -0.2) is 9.78 Å². The smallest absolute Gasteiger partial charge is 0.354 e. The first-order chi connectivity index (χ1) is 11.0. The average Bonchev–Trinajstić information content (AvgIpc) is 2.91. The number of esters is 1. The van der Waals surface area contributed by atoms with E-state index in [1.54, 1.807) is 12.3 Å². The second-order valence-corrected chi connectivity index (χ2v) is 6.30. The summed E-state index contributed by atoms with van der Waals surface area (Å²) < 4.78 is 6.91. The lowest BCUT2D eigenvalue weighted by molar-refractivity contribution is 0.0589. The van der Waals surface area contributed by atoms with Crippen LogP contribution in [0.2, 0.25) is 5.15 Å². The molecule has 23 heavy (non-hydrogen) atoms. The van der Waals surface area contributed by atoms with Gasteiger partial charge in [-0.3, -0.25) is 0 Å². The SMILES string of the molecule is COC(=O)c1cc2c(Cl)ncc3c2n1Cc1c(C)cc(C)cc1-3. The van der Waals surface area contributed by atoms with Crippen molar-refractivity contribution in [1.82, 2.24) is 9.55 Å². The van der Waals surface area contributed by atoms with Crippen molar-refractivity contribution in [3.63, 3.8) is 0 Å². The Kier molecular flexibility index (Phi) is 3.00. The summed E-state index contributed by atoms with van der Waals surface area (Å²) in [4.78, 5) is 16.5. The van der Waals surface area contributed by atoms with Crippen molar-refractivity contribution in [3.05, 3.63) is 51.9 Å². The van der Waals surface area contributed by atoms with E-state index >= 15 is 0 Å². The van der Waals surface area contributed by atoms with E-state index in [2.05, 4.69) is 31.0 Å². The molecule has 1 aliphatic heterocycles. The molecule has 0 spiro atoms. The van der Waals surface area contributed by atoms with Gasteiger partial charge in [0.1, 0.15) is 10.8 Å². The molecule has 0 radical (unpaired) electrons. The first-order valence-electron chi connectivity index (χ1n) is 7.38. The number of carbonyl (C=O) groups excluding carboxylic acids is 1. The lowest BCUT2D eigenvalue weighted by atomic mass is 9.91. The van der Waals surface area contributed by atoms with E-state index in [0.717, 1.165) is 16.5 Å².